The summed E-state index contributed by atoms with van der Waals surface area (Å²) in [4.78, 5) is 1.20. The molecule has 1 aromatic carbocycles. The third kappa shape index (κ3) is 4.46. The summed E-state index contributed by atoms with van der Waals surface area (Å²) in [7, 11) is 0. The van der Waals surface area contributed by atoms with Crippen molar-refractivity contribution in [2.45, 2.75) is 26.3 Å². The zero-order valence-electron chi connectivity index (χ0n) is 12.2. The van der Waals surface area contributed by atoms with E-state index in [0.717, 1.165) is 34.1 Å². The second-order valence-corrected chi connectivity index (χ2v) is 7.22. The third-order valence-electron chi connectivity index (χ3n) is 3.02. The highest BCUT2D eigenvalue weighted by Gasteiger charge is 2.17. The lowest BCUT2D eigenvalue weighted by molar-refractivity contribution is 0.317. The van der Waals surface area contributed by atoms with E-state index in [1.807, 2.05) is 12.1 Å². The van der Waals surface area contributed by atoms with E-state index in [2.05, 4.69) is 53.3 Å². The largest absolute Gasteiger partial charge is 0.494 e. The number of ether oxygens (including phenoxy) is 1. The maximum atomic E-state index is 6.18. The molecule has 0 amide bonds. The minimum Gasteiger partial charge on any atom is -0.494 e. The summed E-state index contributed by atoms with van der Waals surface area (Å²) in [5, 5.41) is 3.51. The van der Waals surface area contributed by atoms with E-state index < -0.39 is 0 Å². The predicted molar refractivity (Wildman–Crippen MR) is 94.8 cm³/mol. The lowest BCUT2D eigenvalue weighted by Gasteiger charge is -2.18. The quantitative estimate of drug-likeness (QED) is 0.661. The first-order valence-electron chi connectivity index (χ1n) is 7.06. The summed E-state index contributed by atoms with van der Waals surface area (Å²) in [6.45, 7) is 5.84. The first kappa shape index (κ1) is 16.8. The van der Waals surface area contributed by atoms with Gasteiger partial charge >= 0.3 is 0 Å². The monoisotopic (exact) mass is 387 g/mol. The van der Waals surface area contributed by atoms with Crippen molar-refractivity contribution in [3.8, 4) is 5.75 Å². The van der Waals surface area contributed by atoms with Gasteiger partial charge in [0.25, 0.3) is 0 Å². The molecule has 0 bridgehead atoms. The van der Waals surface area contributed by atoms with Crippen molar-refractivity contribution in [1.82, 2.24) is 5.32 Å². The topological polar surface area (TPSA) is 21.3 Å². The molecule has 114 valence electrons. The molecule has 2 rings (SSSR count). The highest BCUT2D eigenvalue weighted by molar-refractivity contribution is 9.10. The van der Waals surface area contributed by atoms with Gasteiger partial charge < -0.3 is 10.1 Å². The Balaban J connectivity index is 2.29. The van der Waals surface area contributed by atoms with Crippen LogP contribution in [-0.2, 0) is 0 Å². The lowest BCUT2D eigenvalue weighted by atomic mass is 10.1. The number of nitrogens with one attached hydrogen (secondary N) is 1. The highest BCUT2D eigenvalue weighted by atomic mass is 79.9. The molecule has 21 heavy (non-hydrogen) atoms. The maximum Gasteiger partial charge on any atom is 0.119 e. The number of hydrogen-bond donors (Lipinski definition) is 1. The van der Waals surface area contributed by atoms with Crippen LogP contribution in [0.3, 0.4) is 0 Å². The minimum absolute atomic E-state index is 0.133. The maximum absolute atomic E-state index is 6.18. The van der Waals surface area contributed by atoms with Gasteiger partial charge in [-0.3, -0.25) is 0 Å². The summed E-state index contributed by atoms with van der Waals surface area (Å²) in [5.74, 6) is 0.916. The van der Waals surface area contributed by atoms with Crippen molar-refractivity contribution < 1.29 is 4.74 Å². The van der Waals surface area contributed by atoms with Gasteiger partial charge in [-0.15, -0.1) is 11.3 Å². The molecule has 0 aliphatic carbocycles. The highest BCUT2D eigenvalue weighted by Crippen LogP contribution is 2.37. The molecular formula is C16H19BrClNOS. The lowest BCUT2D eigenvalue weighted by Crippen LogP contribution is -2.21. The van der Waals surface area contributed by atoms with E-state index in [1.54, 1.807) is 11.3 Å². The van der Waals surface area contributed by atoms with Crippen LogP contribution < -0.4 is 10.1 Å². The molecule has 1 N–H and O–H groups in total. The fourth-order valence-corrected chi connectivity index (χ4v) is 3.94. The summed E-state index contributed by atoms with van der Waals surface area (Å²) in [5.41, 5.74) is 1.19. The Bertz CT molecular complexity index is 568. The minimum atomic E-state index is 0.133. The van der Waals surface area contributed by atoms with Crippen molar-refractivity contribution in [3.05, 3.63) is 49.6 Å². The van der Waals surface area contributed by atoms with Crippen molar-refractivity contribution >= 4 is 38.9 Å². The molecule has 0 aliphatic heterocycles. The molecule has 0 saturated carbocycles. The van der Waals surface area contributed by atoms with Crippen LogP contribution in [0.1, 0.15) is 36.8 Å². The first-order chi connectivity index (χ1) is 10.2. The fourth-order valence-electron chi connectivity index (χ4n) is 2.10. The molecule has 1 heterocycles. The van der Waals surface area contributed by atoms with Crippen LogP contribution in [-0.4, -0.2) is 13.2 Å². The van der Waals surface area contributed by atoms with E-state index in [-0.39, 0.29) is 6.04 Å². The molecule has 2 nitrogen and oxygen atoms in total. The van der Waals surface area contributed by atoms with Crippen LogP contribution >= 0.6 is 38.9 Å². The predicted octanol–water partition coefficient (Wildman–Crippen LogP) is 5.65. The molecule has 0 spiro atoms. The molecule has 1 atom stereocenters. The van der Waals surface area contributed by atoms with Gasteiger partial charge in [-0.25, -0.2) is 0 Å². The summed E-state index contributed by atoms with van der Waals surface area (Å²) in [6.07, 6.45) is 1.01. The smallest absolute Gasteiger partial charge is 0.119 e. The Morgan fingerprint density at radius 1 is 1.33 bits per heavy atom. The van der Waals surface area contributed by atoms with Gasteiger partial charge in [-0.05, 0) is 52.7 Å². The number of thiophene rings is 1. The molecule has 1 unspecified atom stereocenters. The van der Waals surface area contributed by atoms with E-state index in [1.165, 1.54) is 10.4 Å². The Labute approximate surface area is 143 Å². The normalized spacial score (nSPS) is 12.4. The molecule has 0 radical (unpaired) electrons. The third-order valence-corrected chi connectivity index (χ3v) is 5.56. The summed E-state index contributed by atoms with van der Waals surface area (Å²) < 4.78 is 7.46. The molecule has 5 heteroatoms. The second-order valence-electron chi connectivity index (χ2n) is 4.68. The Morgan fingerprint density at radius 2 is 2.14 bits per heavy atom. The first-order valence-corrected chi connectivity index (χ1v) is 9.05. The molecule has 0 aliphatic rings. The van der Waals surface area contributed by atoms with Gasteiger partial charge in [0.1, 0.15) is 10.1 Å². The van der Waals surface area contributed by atoms with Gasteiger partial charge in [-0.1, -0.05) is 37.6 Å². The fraction of sp³-hybridized carbons (Fsp3) is 0.375. The summed E-state index contributed by atoms with van der Waals surface area (Å²) in [6, 6.07) is 10.5. The van der Waals surface area contributed by atoms with E-state index in [0.29, 0.717) is 0 Å². The average molecular weight is 389 g/mol. The van der Waals surface area contributed by atoms with E-state index in [4.69, 9.17) is 16.3 Å². The van der Waals surface area contributed by atoms with Crippen LogP contribution in [0.5, 0.6) is 5.75 Å². The standard InChI is InChI=1S/C16H19BrClNOS/c1-3-8-20-12-7-5-6-11(9-12)15(19-4-2)14-10-13(17)16(18)21-14/h5-7,9-10,15,19H,3-4,8H2,1-2H3. The Morgan fingerprint density at radius 3 is 2.76 bits per heavy atom. The van der Waals surface area contributed by atoms with E-state index >= 15 is 0 Å². The molecule has 0 saturated heterocycles. The van der Waals surface area contributed by atoms with Crippen LogP contribution in [0, 0.1) is 0 Å². The van der Waals surface area contributed by atoms with Gasteiger partial charge in [0.05, 0.1) is 12.6 Å². The average Bonchev–Trinajstić information content (AvgIpc) is 2.82. The van der Waals surface area contributed by atoms with Gasteiger partial charge in [0.2, 0.25) is 0 Å². The van der Waals surface area contributed by atoms with Gasteiger partial charge in [0, 0.05) is 9.35 Å². The van der Waals surface area contributed by atoms with Crippen molar-refractivity contribution in [1.29, 1.82) is 0 Å². The van der Waals surface area contributed by atoms with E-state index in [9.17, 15) is 0 Å². The van der Waals surface area contributed by atoms with Crippen molar-refractivity contribution in [3.63, 3.8) is 0 Å². The van der Waals surface area contributed by atoms with Crippen LogP contribution in [0.2, 0.25) is 4.34 Å². The van der Waals surface area contributed by atoms with Gasteiger partial charge in [-0.2, -0.15) is 0 Å². The number of halogens is 2. The molecule has 2 aromatic rings. The number of rotatable bonds is 7. The second kappa shape index (κ2) is 8.18. The van der Waals surface area contributed by atoms with Gasteiger partial charge in [0.15, 0.2) is 0 Å². The van der Waals surface area contributed by atoms with Crippen LogP contribution in [0.4, 0.5) is 0 Å². The van der Waals surface area contributed by atoms with Crippen LogP contribution in [0.25, 0.3) is 0 Å². The molecular weight excluding hydrogens is 370 g/mol. The number of benzene rings is 1. The summed E-state index contributed by atoms with van der Waals surface area (Å²) >= 11 is 11.3. The zero-order chi connectivity index (χ0) is 15.2. The SMILES string of the molecule is CCCOc1cccc(C(NCC)c2cc(Br)c(Cl)s2)c1. The number of hydrogen-bond acceptors (Lipinski definition) is 3. The molecule has 1 aromatic heterocycles. The van der Waals surface area contributed by atoms with Crippen molar-refractivity contribution in [2.24, 2.45) is 0 Å². The van der Waals surface area contributed by atoms with Crippen LogP contribution in [0.15, 0.2) is 34.8 Å². The van der Waals surface area contributed by atoms with Crippen molar-refractivity contribution in [2.75, 3.05) is 13.2 Å². The Kier molecular flexibility index (Phi) is 6.55. The molecule has 0 fully saturated rings. The Hall–Kier alpha value is -0.550. The zero-order valence-corrected chi connectivity index (χ0v) is 15.3.